The summed E-state index contributed by atoms with van der Waals surface area (Å²) in [6.45, 7) is 0.852. The van der Waals surface area contributed by atoms with Gasteiger partial charge in [-0.3, -0.25) is 9.59 Å². The number of hydrogen-bond acceptors (Lipinski definition) is 4. The topological polar surface area (TPSA) is 83.6 Å². The molecule has 0 saturated heterocycles. The van der Waals surface area contributed by atoms with E-state index in [0.29, 0.717) is 9.33 Å². The van der Waals surface area contributed by atoms with Crippen molar-refractivity contribution in [3.05, 3.63) is 76.1 Å². The summed E-state index contributed by atoms with van der Waals surface area (Å²) in [5, 5.41) is 3.07. The van der Waals surface area contributed by atoms with E-state index in [-0.39, 0.29) is 22.6 Å². The van der Waals surface area contributed by atoms with Crippen molar-refractivity contribution in [1.29, 1.82) is 0 Å². The second-order valence-electron chi connectivity index (χ2n) is 6.18. The zero-order chi connectivity index (χ0) is 20.5. The van der Waals surface area contributed by atoms with E-state index in [9.17, 15) is 22.4 Å². The van der Waals surface area contributed by atoms with E-state index < -0.39 is 34.2 Å². The zero-order valence-electron chi connectivity index (χ0n) is 14.8. The smallest absolute Gasteiger partial charge is 0.268 e. The number of carbonyl (C=O) groups is 2. The molecule has 0 unspecified atom stereocenters. The first kappa shape index (κ1) is 20.0. The van der Waals surface area contributed by atoms with E-state index in [1.54, 1.807) is 24.3 Å². The van der Waals surface area contributed by atoms with Crippen molar-refractivity contribution in [2.45, 2.75) is 13.5 Å². The van der Waals surface area contributed by atoms with Crippen molar-refractivity contribution in [3.8, 4) is 0 Å². The molecule has 146 valence electrons. The summed E-state index contributed by atoms with van der Waals surface area (Å²) in [7, 11) is -4.22. The fourth-order valence-corrected chi connectivity index (χ4v) is 4.84. The quantitative estimate of drug-likeness (QED) is 0.803. The highest BCUT2D eigenvalue weighted by Crippen LogP contribution is 2.35. The minimum Gasteiger partial charge on any atom is -0.350 e. The SMILES string of the molecule is CC1=C(c2ccc(F)cc2)S(=O)(=O)N(CC(=O)NCc2cccc(Cl)c2)C1=O. The fourth-order valence-electron chi connectivity index (χ4n) is 2.85. The maximum absolute atomic E-state index is 13.1. The Hall–Kier alpha value is -2.71. The molecule has 2 aromatic rings. The average Bonchev–Trinajstić information content (AvgIpc) is 2.81. The van der Waals surface area contributed by atoms with Crippen LogP contribution in [0.2, 0.25) is 5.02 Å². The van der Waals surface area contributed by atoms with E-state index in [2.05, 4.69) is 5.32 Å². The second-order valence-corrected chi connectivity index (χ2v) is 8.42. The number of sulfonamides is 1. The third-order valence-electron chi connectivity index (χ3n) is 4.21. The molecule has 6 nitrogen and oxygen atoms in total. The van der Waals surface area contributed by atoms with Crippen LogP contribution in [-0.2, 0) is 26.2 Å². The molecule has 0 atom stereocenters. The van der Waals surface area contributed by atoms with Gasteiger partial charge in [0, 0.05) is 17.1 Å². The third kappa shape index (κ3) is 3.93. The molecule has 0 saturated carbocycles. The number of nitrogens with one attached hydrogen (secondary N) is 1. The molecule has 0 bridgehead atoms. The van der Waals surface area contributed by atoms with Crippen LogP contribution in [0.15, 0.2) is 54.1 Å². The predicted octanol–water partition coefficient (Wildman–Crippen LogP) is 2.70. The third-order valence-corrected chi connectivity index (χ3v) is 6.38. The van der Waals surface area contributed by atoms with Crippen LogP contribution in [0.25, 0.3) is 4.91 Å². The minimum absolute atomic E-state index is 0.0192. The Morgan fingerprint density at radius 2 is 1.86 bits per heavy atom. The van der Waals surface area contributed by atoms with E-state index in [0.717, 1.165) is 17.7 Å². The summed E-state index contributed by atoms with van der Waals surface area (Å²) >= 11 is 5.88. The molecule has 28 heavy (non-hydrogen) atoms. The first-order chi connectivity index (χ1) is 13.2. The van der Waals surface area contributed by atoms with Gasteiger partial charge in [-0.15, -0.1) is 0 Å². The van der Waals surface area contributed by atoms with Crippen molar-refractivity contribution >= 4 is 38.3 Å². The Kier molecular flexibility index (Phi) is 5.53. The van der Waals surface area contributed by atoms with Crippen molar-refractivity contribution in [1.82, 2.24) is 9.62 Å². The molecule has 0 radical (unpaired) electrons. The minimum atomic E-state index is -4.22. The molecular formula is C19H16ClFN2O4S. The van der Waals surface area contributed by atoms with Crippen LogP contribution in [0.3, 0.4) is 0 Å². The normalized spacial score (nSPS) is 15.8. The number of amides is 2. The van der Waals surface area contributed by atoms with Gasteiger partial charge in [0.25, 0.3) is 15.9 Å². The molecule has 1 N–H and O–H groups in total. The van der Waals surface area contributed by atoms with Crippen molar-refractivity contribution in [2.75, 3.05) is 6.54 Å². The summed E-state index contributed by atoms with van der Waals surface area (Å²) in [6, 6.07) is 11.6. The maximum atomic E-state index is 13.1. The van der Waals surface area contributed by atoms with E-state index >= 15 is 0 Å². The van der Waals surface area contributed by atoms with E-state index in [1.807, 2.05) is 0 Å². The first-order valence-corrected chi connectivity index (χ1v) is 10.1. The lowest BCUT2D eigenvalue weighted by Gasteiger charge is -2.16. The number of nitrogens with zero attached hydrogens (tertiary/aromatic N) is 1. The highest BCUT2D eigenvalue weighted by Gasteiger charge is 2.43. The van der Waals surface area contributed by atoms with Crippen LogP contribution in [0.1, 0.15) is 18.1 Å². The molecule has 2 aromatic carbocycles. The molecule has 1 aliphatic rings. The molecule has 1 heterocycles. The van der Waals surface area contributed by atoms with Gasteiger partial charge in [-0.2, -0.15) is 0 Å². The molecule has 0 spiro atoms. The van der Waals surface area contributed by atoms with Gasteiger partial charge in [0.2, 0.25) is 5.91 Å². The Labute approximate surface area is 166 Å². The number of halogens is 2. The first-order valence-electron chi connectivity index (χ1n) is 8.25. The van der Waals surface area contributed by atoms with Crippen LogP contribution in [0.4, 0.5) is 4.39 Å². The van der Waals surface area contributed by atoms with E-state index in [1.165, 1.54) is 19.1 Å². The standard InChI is InChI=1S/C19H16ClFN2O4S/c1-12-18(14-5-7-16(21)8-6-14)28(26,27)23(19(12)25)11-17(24)22-10-13-3-2-4-15(20)9-13/h2-9H,10-11H2,1H3,(H,22,24). The van der Waals surface area contributed by atoms with Crippen LogP contribution in [-0.4, -0.2) is 31.1 Å². The molecule has 2 amide bonds. The number of benzene rings is 2. The number of carbonyl (C=O) groups excluding carboxylic acids is 2. The van der Waals surface area contributed by atoms with Gasteiger partial charge in [-0.25, -0.2) is 17.1 Å². The second kappa shape index (κ2) is 7.73. The van der Waals surface area contributed by atoms with Gasteiger partial charge < -0.3 is 5.32 Å². The van der Waals surface area contributed by atoms with E-state index in [4.69, 9.17) is 11.6 Å². The van der Waals surface area contributed by atoms with Crippen molar-refractivity contribution in [3.63, 3.8) is 0 Å². The summed E-state index contributed by atoms with van der Waals surface area (Å²) < 4.78 is 39.3. The molecule has 0 fully saturated rings. The van der Waals surface area contributed by atoms with Crippen LogP contribution >= 0.6 is 11.6 Å². The molecule has 0 aliphatic carbocycles. The Morgan fingerprint density at radius 3 is 2.50 bits per heavy atom. The predicted molar refractivity (Wildman–Crippen MR) is 103 cm³/mol. The van der Waals surface area contributed by atoms with Crippen molar-refractivity contribution < 1.29 is 22.4 Å². The fraction of sp³-hybridized carbons (Fsp3) is 0.158. The summed E-state index contributed by atoms with van der Waals surface area (Å²) in [6.07, 6.45) is 0. The Morgan fingerprint density at radius 1 is 1.18 bits per heavy atom. The Bertz CT molecular complexity index is 1080. The number of hydrogen-bond donors (Lipinski definition) is 1. The highest BCUT2D eigenvalue weighted by molar-refractivity contribution is 7.99. The van der Waals surface area contributed by atoms with Crippen LogP contribution in [0, 0.1) is 5.82 Å². The van der Waals surface area contributed by atoms with Gasteiger partial charge in [-0.1, -0.05) is 35.9 Å². The number of rotatable bonds is 5. The van der Waals surface area contributed by atoms with Gasteiger partial charge in [0.15, 0.2) is 0 Å². The molecule has 1 aliphatic heterocycles. The van der Waals surface area contributed by atoms with Gasteiger partial charge in [0.05, 0.1) is 0 Å². The van der Waals surface area contributed by atoms with Crippen molar-refractivity contribution in [2.24, 2.45) is 0 Å². The largest absolute Gasteiger partial charge is 0.350 e. The van der Waals surface area contributed by atoms with Crippen LogP contribution in [0.5, 0.6) is 0 Å². The van der Waals surface area contributed by atoms with Gasteiger partial charge >= 0.3 is 0 Å². The maximum Gasteiger partial charge on any atom is 0.268 e. The average molecular weight is 423 g/mol. The molecule has 0 aromatic heterocycles. The zero-order valence-corrected chi connectivity index (χ0v) is 16.3. The summed E-state index contributed by atoms with van der Waals surface area (Å²) in [5.74, 6) is -1.94. The summed E-state index contributed by atoms with van der Waals surface area (Å²) in [4.78, 5) is 24.4. The van der Waals surface area contributed by atoms with Gasteiger partial charge in [-0.05, 0) is 42.3 Å². The highest BCUT2D eigenvalue weighted by atomic mass is 35.5. The lowest BCUT2D eigenvalue weighted by atomic mass is 10.1. The molecular weight excluding hydrogens is 407 g/mol. The molecule has 9 heteroatoms. The lowest BCUT2D eigenvalue weighted by Crippen LogP contribution is -2.40. The van der Waals surface area contributed by atoms with Gasteiger partial charge in [0.1, 0.15) is 17.3 Å². The lowest BCUT2D eigenvalue weighted by molar-refractivity contribution is -0.128. The van der Waals surface area contributed by atoms with Crippen LogP contribution < -0.4 is 5.32 Å². The molecule has 3 rings (SSSR count). The summed E-state index contributed by atoms with van der Waals surface area (Å²) in [5.41, 5.74) is 0.904. The monoisotopic (exact) mass is 422 g/mol. The Balaban J connectivity index is 1.75.